The quantitative estimate of drug-likeness (QED) is 0.388. The van der Waals surface area contributed by atoms with E-state index in [1.807, 2.05) is 55.5 Å². The molecule has 7 heteroatoms. The Morgan fingerprint density at radius 2 is 1.80 bits per heavy atom. The van der Waals surface area contributed by atoms with E-state index in [-0.39, 0.29) is 11.7 Å². The predicted octanol–water partition coefficient (Wildman–Crippen LogP) is 4.88. The summed E-state index contributed by atoms with van der Waals surface area (Å²) in [5.74, 6) is 0.399. The second kappa shape index (κ2) is 10.3. The lowest BCUT2D eigenvalue weighted by Crippen LogP contribution is -2.47. The molecule has 180 valence electrons. The van der Waals surface area contributed by atoms with Gasteiger partial charge in [-0.25, -0.2) is 4.39 Å². The molecule has 1 N–H and O–H groups in total. The van der Waals surface area contributed by atoms with Crippen molar-refractivity contribution in [2.75, 3.05) is 44.2 Å². The van der Waals surface area contributed by atoms with Gasteiger partial charge in [0, 0.05) is 43.9 Å². The lowest BCUT2D eigenvalue weighted by Gasteiger charge is -2.36. The van der Waals surface area contributed by atoms with E-state index >= 15 is 0 Å². The summed E-state index contributed by atoms with van der Waals surface area (Å²) in [5, 5.41) is 7.99. The summed E-state index contributed by atoms with van der Waals surface area (Å²) in [4.78, 5) is 17.2. The van der Waals surface area contributed by atoms with E-state index in [0.29, 0.717) is 23.6 Å². The van der Waals surface area contributed by atoms with E-state index < -0.39 is 0 Å². The number of aromatic nitrogens is 1. The molecule has 5 rings (SSSR count). The van der Waals surface area contributed by atoms with Crippen LogP contribution in [0.15, 0.2) is 71.3 Å². The maximum Gasteiger partial charge on any atom is 0.251 e. The second-order valence-corrected chi connectivity index (χ2v) is 9.00. The predicted molar refractivity (Wildman–Crippen MR) is 136 cm³/mol. The van der Waals surface area contributed by atoms with E-state index in [0.717, 1.165) is 55.6 Å². The molecule has 1 fully saturated rings. The van der Waals surface area contributed by atoms with Crippen LogP contribution in [0.1, 0.15) is 22.3 Å². The van der Waals surface area contributed by atoms with Crippen molar-refractivity contribution in [2.45, 2.75) is 13.3 Å². The number of nitrogens with zero attached hydrogens (tertiary/aromatic N) is 3. The molecule has 1 saturated heterocycles. The van der Waals surface area contributed by atoms with Crippen LogP contribution in [0.2, 0.25) is 0 Å². The fourth-order valence-electron chi connectivity index (χ4n) is 4.52. The Bertz CT molecular complexity index is 1310. The lowest BCUT2D eigenvalue weighted by molar-refractivity contribution is 0.0951. The molecule has 0 aliphatic carbocycles. The molecule has 2 heterocycles. The molecule has 1 aliphatic heterocycles. The molecule has 1 aliphatic rings. The number of halogens is 1. The third-order valence-electron chi connectivity index (χ3n) is 6.55. The van der Waals surface area contributed by atoms with Gasteiger partial charge >= 0.3 is 0 Å². The average Bonchev–Trinajstić information content (AvgIpc) is 3.31. The Balaban J connectivity index is 1.12. The van der Waals surface area contributed by atoms with E-state index in [4.69, 9.17) is 4.52 Å². The fraction of sp³-hybridized carbons (Fsp3) is 0.286. The van der Waals surface area contributed by atoms with Crippen LogP contribution >= 0.6 is 0 Å². The first-order valence-corrected chi connectivity index (χ1v) is 12.0. The normalized spacial score (nSPS) is 14.4. The Hall–Kier alpha value is -3.71. The zero-order valence-corrected chi connectivity index (χ0v) is 19.8. The smallest absolute Gasteiger partial charge is 0.251 e. The highest BCUT2D eigenvalue weighted by atomic mass is 19.1. The monoisotopic (exact) mass is 472 g/mol. The number of anilines is 1. The van der Waals surface area contributed by atoms with Crippen LogP contribution in [0.5, 0.6) is 0 Å². The number of hydrogen-bond donors (Lipinski definition) is 1. The first-order chi connectivity index (χ1) is 17.1. The molecule has 0 radical (unpaired) electrons. The largest absolute Gasteiger partial charge is 0.367 e. The maximum absolute atomic E-state index is 14.0. The van der Waals surface area contributed by atoms with Gasteiger partial charge in [0.1, 0.15) is 11.3 Å². The van der Waals surface area contributed by atoms with Gasteiger partial charge in [0.2, 0.25) is 0 Å². The van der Waals surface area contributed by atoms with Crippen LogP contribution < -0.4 is 10.2 Å². The number of carbonyl (C=O) groups is 1. The lowest BCUT2D eigenvalue weighted by atomic mass is 10.0. The molecule has 0 spiro atoms. The van der Waals surface area contributed by atoms with Crippen molar-refractivity contribution in [3.8, 4) is 11.3 Å². The van der Waals surface area contributed by atoms with Gasteiger partial charge in [0.15, 0.2) is 5.76 Å². The molecule has 4 aromatic rings. The van der Waals surface area contributed by atoms with Crippen molar-refractivity contribution < 1.29 is 13.7 Å². The minimum atomic E-state index is -0.168. The molecule has 1 aromatic heterocycles. The first-order valence-electron chi connectivity index (χ1n) is 12.0. The summed E-state index contributed by atoms with van der Waals surface area (Å²) < 4.78 is 19.6. The van der Waals surface area contributed by atoms with Gasteiger partial charge < -0.3 is 14.7 Å². The molecule has 0 atom stereocenters. The summed E-state index contributed by atoms with van der Waals surface area (Å²) in [5.41, 5.74) is 4.10. The van der Waals surface area contributed by atoms with Gasteiger partial charge in [-0.15, -0.1) is 0 Å². The van der Waals surface area contributed by atoms with Crippen LogP contribution in [0.3, 0.4) is 0 Å². The number of hydrogen-bond acceptors (Lipinski definition) is 5. The third kappa shape index (κ3) is 5.20. The molecule has 0 unspecified atom stereocenters. The zero-order chi connectivity index (χ0) is 24.2. The van der Waals surface area contributed by atoms with Gasteiger partial charge in [0.25, 0.3) is 5.91 Å². The highest BCUT2D eigenvalue weighted by Gasteiger charge is 2.19. The van der Waals surface area contributed by atoms with Crippen molar-refractivity contribution in [1.29, 1.82) is 0 Å². The average molecular weight is 473 g/mol. The van der Waals surface area contributed by atoms with Crippen molar-refractivity contribution in [3.05, 3.63) is 83.7 Å². The number of aryl methyl sites for hydroxylation is 1. The summed E-state index contributed by atoms with van der Waals surface area (Å²) >= 11 is 0. The van der Waals surface area contributed by atoms with E-state index in [1.165, 1.54) is 11.6 Å². The Kier molecular flexibility index (Phi) is 6.77. The molecular formula is C28H29FN4O2. The number of rotatable bonds is 7. The summed E-state index contributed by atoms with van der Waals surface area (Å²) in [6.45, 7) is 6.90. The Morgan fingerprint density at radius 3 is 2.57 bits per heavy atom. The van der Waals surface area contributed by atoms with Gasteiger partial charge in [0.05, 0.1) is 11.1 Å². The van der Waals surface area contributed by atoms with Crippen LogP contribution in [-0.2, 0) is 0 Å². The molecular weight excluding hydrogens is 443 g/mol. The van der Waals surface area contributed by atoms with E-state index in [1.54, 1.807) is 12.1 Å². The fourth-order valence-corrected chi connectivity index (χ4v) is 4.52. The second-order valence-electron chi connectivity index (χ2n) is 9.00. The molecule has 35 heavy (non-hydrogen) atoms. The summed E-state index contributed by atoms with van der Waals surface area (Å²) in [7, 11) is 0. The van der Waals surface area contributed by atoms with Gasteiger partial charge in [-0.05, 0) is 50.2 Å². The molecule has 0 bridgehead atoms. The van der Waals surface area contributed by atoms with Gasteiger partial charge in [-0.3, -0.25) is 9.69 Å². The number of fused-ring (bicyclic) bond motifs is 1. The standard InChI is InChI=1S/C28H29FN4O2/c1-20-7-9-21(10-8-20)27-23-19-22(11-12-25(23)31-35-27)28(34)30-13-4-14-32-15-17-33(18-16-32)26-6-3-2-5-24(26)29/h2-3,5-12,19H,4,13-18H2,1H3,(H,30,34). The van der Waals surface area contributed by atoms with Gasteiger partial charge in [-0.1, -0.05) is 47.1 Å². The highest BCUT2D eigenvalue weighted by molar-refractivity contribution is 6.00. The number of nitrogens with one attached hydrogen (secondary N) is 1. The minimum Gasteiger partial charge on any atom is -0.367 e. The van der Waals surface area contributed by atoms with Crippen molar-refractivity contribution in [1.82, 2.24) is 15.4 Å². The SMILES string of the molecule is Cc1ccc(-c2onc3ccc(C(=O)NCCCN4CCN(c5ccccc5F)CC4)cc23)cc1. The molecule has 3 aromatic carbocycles. The molecule has 6 nitrogen and oxygen atoms in total. The Morgan fingerprint density at radius 1 is 1.03 bits per heavy atom. The van der Waals surface area contributed by atoms with E-state index in [9.17, 15) is 9.18 Å². The molecule has 0 saturated carbocycles. The van der Waals surface area contributed by atoms with Crippen molar-refractivity contribution in [2.24, 2.45) is 0 Å². The first kappa shape index (κ1) is 23.1. The van der Waals surface area contributed by atoms with Crippen molar-refractivity contribution in [3.63, 3.8) is 0 Å². The summed E-state index contributed by atoms with van der Waals surface area (Å²) in [6.07, 6.45) is 0.857. The Labute approximate surface area is 204 Å². The van der Waals surface area contributed by atoms with Gasteiger partial charge in [-0.2, -0.15) is 0 Å². The molecule has 1 amide bonds. The number of benzene rings is 3. The number of amides is 1. The number of carbonyl (C=O) groups excluding carboxylic acids is 1. The topological polar surface area (TPSA) is 61.6 Å². The van der Waals surface area contributed by atoms with E-state index in [2.05, 4.69) is 20.3 Å². The third-order valence-corrected chi connectivity index (χ3v) is 6.55. The van der Waals surface area contributed by atoms with Crippen LogP contribution in [-0.4, -0.2) is 55.2 Å². The minimum absolute atomic E-state index is 0.104. The van der Waals surface area contributed by atoms with Crippen LogP contribution in [0, 0.1) is 12.7 Å². The van der Waals surface area contributed by atoms with Crippen LogP contribution in [0.4, 0.5) is 10.1 Å². The zero-order valence-electron chi connectivity index (χ0n) is 19.8. The van der Waals surface area contributed by atoms with Crippen LogP contribution in [0.25, 0.3) is 22.2 Å². The number of piperazine rings is 1. The highest BCUT2D eigenvalue weighted by Crippen LogP contribution is 2.29. The number of para-hydroxylation sites is 1. The van der Waals surface area contributed by atoms with Crippen molar-refractivity contribution >= 4 is 22.5 Å². The maximum atomic E-state index is 14.0. The summed E-state index contributed by atoms with van der Waals surface area (Å²) in [6, 6.07) is 20.4.